The molecule has 108 valence electrons. The van der Waals surface area contributed by atoms with Crippen molar-refractivity contribution in [3.05, 3.63) is 41.5 Å². The van der Waals surface area contributed by atoms with Crippen molar-refractivity contribution in [1.82, 2.24) is 0 Å². The number of ether oxygens (including phenoxy) is 1. The van der Waals surface area contributed by atoms with Gasteiger partial charge >= 0.3 is 0 Å². The molecule has 1 atom stereocenters. The first-order valence-electron chi connectivity index (χ1n) is 6.22. The molecule has 0 spiro atoms. The Labute approximate surface area is 119 Å². The lowest BCUT2D eigenvalue weighted by Crippen LogP contribution is -2.25. The van der Waals surface area contributed by atoms with Crippen molar-refractivity contribution in [3.63, 3.8) is 0 Å². The molecule has 0 aromatic heterocycles. The number of fused-ring (bicyclic) bond motifs is 1. The van der Waals surface area contributed by atoms with Crippen molar-refractivity contribution < 1.29 is 30.0 Å². The highest BCUT2D eigenvalue weighted by Gasteiger charge is 2.31. The first kappa shape index (κ1) is 13.1. The minimum Gasteiger partial charge on any atom is -0.508 e. The van der Waals surface area contributed by atoms with Crippen molar-refractivity contribution in [2.75, 3.05) is 0 Å². The highest BCUT2D eigenvalue weighted by atomic mass is 16.5. The zero-order valence-electron chi connectivity index (χ0n) is 10.8. The largest absolute Gasteiger partial charge is 0.508 e. The summed E-state index contributed by atoms with van der Waals surface area (Å²) in [6, 6.07) is 6.42. The molecule has 0 bridgehead atoms. The molecular formula is C15H12O6. The van der Waals surface area contributed by atoms with E-state index < -0.39 is 6.10 Å². The van der Waals surface area contributed by atoms with E-state index in [9.17, 15) is 25.2 Å². The van der Waals surface area contributed by atoms with E-state index in [2.05, 4.69) is 0 Å². The second-order valence-electron chi connectivity index (χ2n) is 4.83. The maximum atomic E-state index is 12.1. The summed E-state index contributed by atoms with van der Waals surface area (Å²) >= 11 is 0. The molecule has 21 heavy (non-hydrogen) atoms. The Morgan fingerprint density at radius 1 is 0.952 bits per heavy atom. The molecule has 1 aliphatic heterocycles. The number of rotatable bonds is 1. The second kappa shape index (κ2) is 4.59. The topological polar surface area (TPSA) is 107 Å². The van der Waals surface area contributed by atoms with Gasteiger partial charge in [0.15, 0.2) is 23.4 Å². The number of Topliss-reactive ketones (excluding diaryl/α,β-unsaturated/α-hetero) is 1. The van der Waals surface area contributed by atoms with Crippen LogP contribution >= 0.6 is 0 Å². The van der Waals surface area contributed by atoms with Crippen LogP contribution < -0.4 is 4.74 Å². The first-order valence-corrected chi connectivity index (χ1v) is 6.22. The van der Waals surface area contributed by atoms with Crippen LogP contribution in [0.15, 0.2) is 30.3 Å². The van der Waals surface area contributed by atoms with E-state index in [1.807, 2.05) is 0 Å². The Bertz CT molecular complexity index is 737. The molecule has 2 aromatic carbocycles. The minimum absolute atomic E-state index is 0.0479. The highest BCUT2D eigenvalue weighted by molar-refractivity contribution is 5.89. The summed E-state index contributed by atoms with van der Waals surface area (Å²) in [5.41, 5.74) is 0.695. The molecule has 6 nitrogen and oxygen atoms in total. The zero-order chi connectivity index (χ0) is 15.1. The number of phenols is 4. The quantitative estimate of drug-likeness (QED) is 0.596. The molecule has 0 saturated carbocycles. The van der Waals surface area contributed by atoms with Gasteiger partial charge in [0.25, 0.3) is 0 Å². The van der Waals surface area contributed by atoms with Crippen molar-refractivity contribution in [2.24, 2.45) is 0 Å². The Kier molecular flexibility index (Phi) is 2.86. The van der Waals surface area contributed by atoms with E-state index in [0.29, 0.717) is 11.1 Å². The third-order valence-corrected chi connectivity index (χ3v) is 3.36. The number of carbonyl (C=O) groups excluding carboxylic acids is 1. The number of hydrogen-bond donors (Lipinski definition) is 4. The van der Waals surface area contributed by atoms with Gasteiger partial charge in [0, 0.05) is 29.7 Å². The van der Waals surface area contributed by atoms with Gasteiger partial charge in [-0.15, -0.1) is 0 Å². The Morgan fingerprint density at radius 3 is 2.43 bits per heavy atom. The lowest BCUT2D eigenvalue weighted by molar-refractivity contribution is -0.126. The Hall–Kier alpha value is -2.89. The van der Waals surface area contributed by atoms with Gasteiger partial charge < -0.3 is 25.2 Å². The van der Waals surface area contributed by atoms with Gasteiger partial charge in [0.2, 0.25) is 0 Å². The van der Waals surface area contributed by atoms with E-state index in [1.165, 1.54) is 24.3 Å². The fraction of sp³-hybridized carbons (Fsp3) is 0.133. The molecule has 0 radical (unpaired) electrons. The summed E-state index contributed by atoms with van der Waals surface area (Å²) in [7, 11) is 0. The van der Waals surface area contributed by atoms with Crippen LogP contribution in [-0.2, 0) is 11.2 Å². The molecule has 0 unspecified atom stereocenters. The fourth-order valence-corrected chi connectivity index (χ4v) is 2.32. The number of phenolic OH excluding ortho intramolecular Hbond substituents is 4. The molecule has 1 heterocycles. The molecule has 4 N–H and O–H groups in total. The van der Waals surface area contributed by atoms with Crippen LogP contribution in [0.4, 0.5) is 0 Å². The van der Waals surface area contributed by atoms with Crippen molar-refractivity contribution >= 4 is 5.78 Å². The monoisotopic (exact) mass is 288 g/mol. The normalized spacial score (nSPS) is 17.1. The fourth-order valence-electron chi connectivity index (χ4n) is 2.32. The summed E-state index contributed by atoms with van der Waals surface area (Å²) in [6.07, 6.45) is -1.02. The minimum atomic E-state index is -0.967. The summed E-state index contributed by atoms with van der Waals surface area (Å²) in [4.78, 5) is 12.1. The third-order valence-electron chi connectivity index (χ3n) is 3.36. The van der Waals surface area contributed by atoms with Crippen LogP contribution in [0, 0.1) is 0 Å². The Morgan fingerprint density at radius 2 is 1.71 bits per heavy atom. The third kappa shape index (κ3) is 2.20. The predicted octanol–water partition coefficient (Wildman–Crippen LogP) is 1.75. The molecule has 0 fully saturated rings. The van der Waals surface area contributed by atoms with E-state index in [1.54, 1.807) is 0 Å². The molecule has 0 saturated heterocycles. The van der Waals surface area contributed by atoms with Gasteiger partial charge in [-0.2, -0.15) is 0 Å². The van der Waals surface area contributed by atoms with Gasteiger partial charge in [0.05, 0.1) is 0 Å². The standard InChI is InChI=1S/C15H12O6/c16-8-4-11(18)9-6-13(20)15(21-14(9)5-8)7-1-2-10(17)12(19)3-7/h1-5,15-19H,6H2/t15-/m0/s1. The van der Waals surface area contributed by atoms with E-state index in [4.69, 9.17) is 4.74 Å². The van der Waals surface area contributed by atoms with Gasteiger partial charge in [0.1, 0.15) is 17.2 Å². The Balaban J connectivity index is 2.02. The van der Waals surface area contributed by atoms with E-state index >= 15 is 0 Å². The van der Waals surface area contributed by atoms with E-state index in [0.717, 1.165) is 6.07 Å². The molecule has 0 aliphatic carbocycles. The SMILES string of the molecule is O=C1Cc2c(O)cc(O)cc2O[C@H]1c1ccc(O)c(O)c1. The molecule has 0 amide bonds. The smallest absolute Gasteiger partial charge is 0.182 e. The number of aromatic hydroxyl groups is 4. The van der Waals surface area contributed by atoms with Crippen LogP contribution in [0.1, 0.15) is 17.2 Å². The van der Waals surface area contributed by atoms with Gasteiger partial charge in [-0.3, -0.25) is 4.79 Å². The van der Waals surface area contributed by atoms with Crippen LogP contribution in [0.3, 0.4) is 0 Å². The van der Waals surface area contributed by atoms with Crippen molar-refractivity contribution in [1.29, 1.82) is 0 Å². The van der Waals surface area contributed by atoms with Crippen LogP contribution in [0.5, 0.6) is 28.7 Å². The van der Waals surface area contributed by atoms with Crippen LogP contribution in [-0.4, -0.2) is 26.2 Å². The summed E-state index contributed by atoms with van der Waals surface area (Å²) in [5, 5.41) is 38.0. The molecule has 6 heteroatoms. The van der Waals surface area contributed by atoms with Gasteiger partial charge in [-0.25, -0.2) is 0 Å². The number of ketones is 1. The zero-order valence-corrected chi connectivity index (χ0v) is 10.8. The summed E-state index contributed by atoms with van der Waals surface area (Å²) in [6.45, 7) is 0. The highest BCUT2D eigenvalue weighted by Crippen LogP contribution is 2.41. The maximum absolute atomic E-state index is 12.1. The predicted molar refractivity (Wildman–Crippen MR) is 71.6 cm³/mol. The molecule has 2 aromatic rings. The van der Waals surface area contributed by atoms with Crippen LogP contribution in [0.2, 0.25) is 0 Å². The lowest BCUT2D eigenvalue weighted by Gasteiger charge is -2.26. The number of hydrogen-bond acceptors (Lipinski definition) is 6. The molecule has 3 rings (SSSR count). The van der Waals surface area contributed by atoms with Gasteiger partial charge in [-0.1, -0.05) is 6.07 Å². The summed E-state index contributed by atoms with van der Waals surface area (Å²) < 4.78 is 5.52. The van der Waals surface area contributed by atoms with Gasteiger partial charge in [-0.05, 0) is 12.1 Å². The second-order valence-corrected chi connectivity index (χ2v) is 4.83. The number of carbonyl (C=O) groups is 1. The maximum Gasteiger partial charge on any atom is 0.182 e. The average Bonchev–Trinajstić information content (AvgIpc) is 2.42. The number of benzene rings is 2. The first-order chi connectivity index (χ1) is 9.95. The molecule has 1 aliphatic rings. The lowest BCUT2D eigenvalue weighted by atomic mass is 9.95. The van der Waals surface area contributed by atoms with Crippen molar-refractivity contribution in [2.45, 2.75) is 12.5 Å². The van der Waals surface area contributed by atoms with E-state index in [-0.39, 0.29) is 41.0 Å². The molecular weight excluding hydrogens is 276 g/mol. The van der Waals surface area contributed by atoms with Crippen molar-refractivity contribution in [3.8, 4) is 28.7 Å². The average molecular weight is 288 g/mol. The summed E-state index contributed by atoms with van der Waals surface area (Å²) in [5.74, 6) is -1.11. The van der Waals surface area contributed by atoms with Crippen LogP contribution in [0.25, 0.3) is 0 Å².